The molecule has 1 unspecified atom stereocenters. The van der Waals surface area contributed by atoms with Crippen LogP contribution in [0.15, 0.2) is 0 Å². The maximum atomic E-state index is 11.3. The third-order valence-corrected chi connectivity index (χ3v) is 2.62. The molecular formula is C8H14N4OS. The summed E-state index contributed by atoms with van der Waals surface area (Å²) in [6.07, 6.45) is 0. The molecule has 0 saturated heterocycles. The average Bonchev–Trinajstić information content (AvgIpc) is 2.52. The largest absolute Gasteiger partial charge is 0.322 e. The van der Waals surface area contributed by atoms with Gasteiger partial charge in [0.1, 0.15) is 5.01 Å². The summed E-state index contributed by atoms with van der Waals surface area (Å²) in [4.78, 5) is 11.3. The predicted octanol–water partition coefficient (Wildman–Crippen LogP) is 1.15. The topological polar surface area (TPSA) is 80.9 Å². The standard InChI is InChI=1S/C8H14N4OS/c1-4(2)6(13)10-8-12-11-7(14-8)5(3)9/h4-5H,9H2,1-3H3,(H,10,12,13). The number of hydrogen-bond donors (Lipinski definition) is 2. The zero-order valence-corrected chi connectivity index (χ0v) is 9.26. The molecule has 5 nitrogen and oxygen atoms in total. The van der Waals surface area contributed by atoms with Crippen LogP contribution in [-0.2, 0) is 4.79 Å². The van der Waals surface area contributed by atoms with Crippen molar-refractivity contribution in [2.75, 3.05) is 5.32 Å². The molecule has 14 heavy (non-hydrogen) atoms. The lowest BCUT2D eigenvalue weighted by molar-refractivity contribution is -0.118. The third kappa shape index (κ3) is 2.74. The van der Waals surface area contributed by atoms with E-state index in [1.165, 1.54) is 11.3 Å². The van der Waals surface area contributed by atoms with Gasteiger partial charge in [-0.2, -0.15) is 0 Å². The molecule has 6 heteroatoms. The maximum absolute atomic E-state index is 11.3. The SMILES string of the molecule is CC(C)C(=O)Nc1nnc(C(C)N)s1. The van der Waals surface area contributed by atoms with E-state index in [2.05, 4.69) is 15.5 Å². The first kappa shape index (κ1) is 11.1. The molecule has 0 aromatic carbocycles. The van der Waals surface area contributed by atoms with Crippen molar-refractivity contribution in [3.05, 3.63) is 5.01 Å². The van der Waals surface area contributed by atoms with E-state index in [0.29, 0.717) is 5.13 Å². The molecule has 0 radical (unpaired) electrons. The van der Waals surface area contributed by atoms with Gasteiger partial charge in [-0.15, -0.1) is 10.2 Å². The van der Waals surface area contributed by atoms with Gasteiger partial charge in [-0.1, -0.05) is 25.2 Å². The molecule has 1 aromatic heterocycles. The van der Waals surface area contributed by atoms with Crippen molar-refractivity contribution in [1.29, 1.82) is 0 Å². The van der Waals surface area contributed by atoms with Crippen LogP contribution < -0.4 is 11.1 Å². The number of hydrogen-bond acceptors (Lipinski definition) is 5. The Kier molecular flexibility index (Phi) is 3.54. The van der Waals surface area contributed by atoms with Crippen molar-refractivity contribution < 1.29 is 4.79 Å². The molecule has 3 N–H and O–H groups in total. The third-order valence-electron chi connectivity index (χ3n) is 1.58. The molecule has 1 heterocycles. The van der Waals surface area contributed by atoms with Gasteiger partial charge in [0.25, 0.3) is 0 Å². The van der Waals surface area contributed by atoms with E-state index < -0.39 is 0 Å². The van der Waals surface area contributed by atoms with Crippen molar-refractivity contribution >= 4 is 22.4 Å². The quantitative estimate of drug-likeness (QED) is 0.791. The summed E-state index contributed by atoms with van der Waals surface area (Å²) >= 11 is 1.31. The van der Waals surface area contributed by atoms with Gasteiger partial charge >= 0.3 is 0 Å². The lowest BCUT2D eigenvalue weighted by Gasteiger charge is -2.02. The van der Waals surface area contributed by atoms with Crippen molar-refractivity contribution in [3.63, 3.8) is 0 Å². The molecule has 0 aliphatic carbocycles. The van der Waals surface area contributed by atoms with Crippen LogP contribution in [0.25, 0.3) is 0 Å². The summed E-state index contributed by atoms with van der Waals surface area (Å²) in [5.41, 5.74) is 5.61. The molecular weight excluding hydrogens is 200 g/mol. The van der Waals surface area contributed by atoms with E-state index in [9.17, 15) is 4.79 Å². The summed E-state index contributed by atoms with van der Waals surface area (Å²) in [6, 6.07) is -0.141. The first-order valence-corrected chi connectivity index (χ1v) is 5.22. The summed E-state index contributed by atoms with van der Waals surface area (Å²) in [5, 5.41) is 11.6. The minimum Gasteiger partial charge on any atom is -0.322 e. The Balaban J connectivity index is 2.64. The molecule has 1 aromatic rings. The van der Waals surface area contributed by atoms with Crippen molar-refractivity contribution in [3.8, 4) is 0 Å². The predicted molar refractivity (Wildman–Crippen MR) is 56.0 cm³/mol. The van der Waals surface area contributed by atoms with Crippen LogP contribution in [0.1, 0.15) is 31.8 Å². The average molecular weight is 214 g/mol. The van der Waals surface area contributed by atoms with Crippen LogP contribution in [0.2, 0.25) is 0 Å². The Hall–Kier alpha value is -1.01. The van der Waals surface area contributed by atoms with Gasteiger partial charge < -0.3 is 11.1 Å². The van der Waals surface area contributed by atoms with Gasteiger partial charge in [-0.25, -0.2) is 0 Å². The zero-order chi connectivity index (χ0) is 10.7. The number of anilines is 1. The molecule has 1 amide bonds. The monoisotopic (exact) mass is 214 g/mol. The van der Waals surface area contributed by atoms with E-state index in [1.807, 2.05) is 20.8 Å². The Labute approximate surface area is 86.7 Å². The highest BCUT2D eigenvalue weighted by Gasteiger charge is 2.12. The summed E-state index contributed by atoms with van der Waals surface area (Å²) in [6.45, 7) is 5.47. The van der Waals surface area contributed by atoms with Gasteiger partial charge in [0.15, 0.2) is 0 Å². The molecule has 78 valence electrons. The highest BCUT2D eigenvalue weighted by atomic mass is 32.1. The van der Waals surface area contributed by atoms with Crippen LogP contribution in [0.5, 0.6) is 0 Å². The number of nitrogens with zero attached hydrogens (tertiary/aromatic N) is 2. The van der Waals surface area contributed by atoms with Gasteiger partial charge in [0.05, 0.1) is 6.04 Å². The fourth-order valence-corrected chi connectivity index (χ4v) is 1.42. The number of aromatic nitrogens is 2. The highest BCUT2D eigenvalue weighted by Crippen LogP contribution is 2.19. The van der Waals surface area contributed by atoms with Gasteiger partial charge in [-0.05, 0) is 6.92 Å². The number of carbonyl (C=O) groups is 1. The molecule has 0 bridgehead atoms. The van der Waals surface area contributed by atoms with E-state index in [4.69, 9.17) is 5.73 Å². The van der Waals surface area contributed by atoms with E-state index in [-0.39, 0.29) is 17.9 Å². The first-order valence-electron chi connectivity index (χ1n) is 4.40. The smallest absolute Gasteiger partial charge is 0.228 e. The molecule has 1 atom stereocenters. The summed E-state index contributed by atoms with van der Waals surface area (Å²) in [7, 11) is 0. The van der Waals surface area contributed by atoms with Crippen molar-refractivity contribution in [1.82, 2.24) is 10.2 Å². The zero-order valence-electron chi connectivity index (χ0n) is 8.44. The minimum atomic E-state index is -0.141. The van der Waals surface area contributed by atoms with Crippen LogP contribution in [0, 0.1) is 5.92 Å². The number of amides is 1. The molecule has 0 aliphatic rings. The fraction of sp³-hybridized carbons (Fsp3) is 0.625. The molecule has 1 rings (SSSR count). The second kappa shape index (κ2) is 4.47. The molecule has 0 saturated carbocycles. The summed E-state index contributed by atoms with van der Waals surface area (Å²) < 4.78 is 0. The van der Waals surface area contributed by atoms with Crippen LogP contribution in [0.3, 0.4) is 0 Å². The van der Waals surface area contributed by atoms with Crippen molar-refractivity contribution in [2.24, 2.45) is 11.7 Å². The second-order valence-electron chi connectivity index (χ2n) is 3.38. The Bertz CT molecular complexity index is 321. The molecule has 0 spiro atoms. The van der Waals surface area contributed by atoms with E-state index in [1.54, 1.807) is 0 Å². The molecule has 0 aliphatic heterocycles. The normalized spacial score (nSPS) is 12.9. The first-order chi connectivity index (χ1) is 6.50. The number of rotatable bonds is 3. The van der Waals surface area contributed by atoms with Gasteiger partial charge in [0.2, 0.25) is 11.0 Å². The minimum absolute atomic E-state index is 0.0577. The van der Waals surface area contributed by atoms with Crippen LogP contribution >= 0.6 is 11.3 Å². The maximum Gasteiger partial charge on any atom is 0.228 e. The van der Waals surface area contributed by atoms with Crippen LogP contribution in [-0.4, -0.2) is 16.1 Å². The highest BCUT2D eigenvalue weighted by molar-refractivity contribution is 7.15. The number of carbonyl (C=O) groups excluding carboxylic acids is 1. The van der Waals surface area contributed by atoms with E-state index in [0.717, 1.165) is 5.01 Å². The van der Waals surface area contributed by atoms with Gasteiger partial charge in [0, 0.05) is 5.92 Å². The van der Waals surface area contributed by atoms with Crippen LogP contribution in [0.4, 0.5) is 5.13 Å². The second-order valence-corrected chi connectivity index (χ2v) is 4.39. The lowest BCUT2D eigenvalue weighted by Crippen LogP contribution is -2.17. The van der Waals surface area contributed by atoms with E-state index >= 15 is 0 Å². The lowest BCUT2D eigenvalue weighted by atomic mass is 10.2. The Morgan fingerprint density at radius 2 is 2.07 bits per heavy atom. The number of nitrogens with one attached hydrogen (secondary N) is 1. The Morgan fingerprint density at radius 1 is 1.43 bits per heavy atom. The fourth-order valence-electron chi connectivity index (χ4n) is 0.719. The van der Waals surface area contributed by atoms with Gasteiger partial charge in [-0.3, -0.25) is 4.79 Å². The summed E-state index contributed by atoms with van der Waals surface area (Å²) in [5.74, 6) is -0.116. The van der Waals surface area contributed by atoms with Crippen molar-refractivity contribution in [2.45, 2.75) is 26.8 Å². The molecule has 0 fully saturated rings. The Morgan fingerprint density at radius 3 is 2.50 bits per heavy atom. The number of nitrogens with two attached hydrogens (primary N) is 1.